The van der Waals surface area contributed by atoms with Crippen molar-refractivity contribution in [3.8, 4) is 0 Å². The molecular weight excluding hydrogens is 397 g/mol. The van der Waals surface area contributed by atoms with Gasteiger partial charge in [0, 0.05) is 13.1 Å². The summed E-state index contributed by atoms with van der Waals surface area (Å²) in [6.07, 6.45) is 4.48. The predicted octanol–water partition coefficient (Wildman–Crippen LogP) is 4.46. The van der Waals surface area contributed by atoms with Crippen LogP contribution in [0, 0.1) is 5.82 Å². The van der Waals surface area contributed by atoms with E-state index in [2.05, 4.69) is 5.10 Å². The number of hydrogen-bond acceptors (Lipinski definition) is 3. The third-order valence-electron chi connectivity index (χ3n) is 5.82. The Labute approximate surface area is 179 Å². The van der Waals surface area contributed by atoms with Crippen molar-refractivity contribution in [3.63, 3.8) is 0 Å². The van der Waals surface area contributed by atoms with E-state index in [-0.39, 0.29) is 29.9 Å². The number of benzene rings is 2. The zero-order valence-corrected chi connectivity index (χ0v) is 17.3. The summed E-state index contributed by atoms with van der Waals surface area (Å²) in [6, 6.07) is 12.3. The molecule has 0 fully saturated rings. The number of amides is 1. The molecule has 7 heteroatoms. The molecule has 31 heavy (non-hydrogen) atoms. The molecule has 160 valence electrons. The molecule has 0 aliphatic carbocycles. The van der Waals surface area contributed by atoms with Crippen molar-refractivity contribution in [2.24, 2.45) is 0 Å². The largest absolute Gasteiger partial charge is 0.478 e. The summed E-state index contributed by atoms with van der Waals surface area (Å²) in [4.78, 5) is 26.7. The van der Waals surface area contributed by atoms with Crippen LogP contribution in [0.5, 0.6) is 0 Å². The first-order valence-electron chi connectivity index (χ1n) is 10.4. The number of halogens is 1. The fourth-order valence-electron chi connectivity index (χ4n) is 4.06. The maximum absolute atomic E-state index is 13.7. The maximum Gasteiger partial charge on any atom is 0.335 e. The molecular formula is C24H24FN3O3. The molecule has 1 unspecified atom stereocenters. The molecule has 1 atom stereocenters. The Balaban J connectivity index is 1.70. The van der Waals surface area contributed by atoms with Crippen molar-refractivity contribution < 1.29 is 19.1 Å². The molecule has 3 aromatic rings. The monoisotopic (exact) mass is 421 g/mol. The highest BCUT2D eigenvalue weighted by atomic mass is 19.1. The van der Waals surface area contributed by atoms with E-state index in [0.717, 1.165) is 37.1 Å². The lowest BCUT2D eigenvalue weighted by Crippen LogP contribution is -2.34. The minimum atomic E-state index is -1.02. The SMILES string of the molecule is CC(c1ccc(F)cc1)N(Cc1cccc(C(=O)O)c1)C(=O)c1cnn2c1CCCC2. The number of aromatic carboxylic acids is 1. The first-order chi connectivity index (χ1) is 14.9. The van der Waals surface area contributed by atoms with Crippen LogP contribution < -0.4 is 0 Å². The van der Waals surface area contributed by atoms with Gasteiger partial charge in [0.05, 0.1) is 29.1 Å². The molecule has 1 aliphatic rings. The molecule has 1 aliphatic heterocycles. The maximum atomic E-state index is 13.7. The van der Waals surface area contributed by atoms with E-state index in [1.165, 1.54) is 18.2 Å². The van der Waals surface area contributed by atoms with E-state index in [1.807, 2.05) is 11.6 Å². The Kier molecular flexibility index (Phi) is 5.84. The smallest absolute Gasteiger partial charge is 0.335 e. The van der Waals surface area contributed by atoms with Crippen LogP contribution in [0.4, 0.5) is 4.39 Å². The summed E-state index contributed by atoms with van der Waals surface area (Å²) in [5.74, 6) is -1.52. The zero-order chi connectivity index (χ0) is 22.0. The lowest BCUT2D eigenvalue weighted by molar-refractivity contribution is 0.0672. The van der Waals surface area contributed by atoms with Crippen LogP contribution in [0.2, 0.25) is 0 Å². The van der Waals surface area contributed by atoms with Gasteiger partial charge in [0.15, 0.2) is 0 Å². The number of carbonyl (C=O) groups is 2. The van der Waals surface area contributed by atoms with Crippen molar-refractivity contribution in [2.45, 2.75) is 45.3 Å². The minimum absolute atomic E-state index is 0.166. The van der Waals surface area contributed by atoms with E-state index in [9.17, 15) is 19.1 Å². The molecule has 1 N–H and O–H groups in total. The number of carboxylic acids is 1. The Morgan fingerprint density at radius 2 is 1.97 bits per heavy atom. The molecule has 0 saturated carbocycles. The fraction of sp³-hybridized carbons (Fsp3) is 0.292. The van der Waals surface area contributed by atoms with Gasteiger partial charge in [0.2, 0.25) is 0 Å². The summed E-state index contributed by atoms with van der Waals surface area (Å²) in [5.41, 5.74) is 3.19. The molecule has 0 radical (unpaired) electrons. The summed E-state index contributed by atoms with van der Waals surface area (Å²) in [6.45, 7) is 2.92. The van der Waals surface area contributed by atoms with Gasteiger partial charge in [-0.25, -0.2) is 9.18 Å². The second-order valence-electron chi connectivity index (χ2n) is 7.85. The first kappa shape index (κ1) is 20.8. The average molecular weight is 421 g/mol. The number of fused-ring (bicyclic) bond motifs is 1. The third-order valence-corrected chi connectivity index (χ3v) is 5.82. The van der Waals surface area contributed by atoms with Crippen LogP contribution >= 0.6 is 0 Å². The highest BCUT2D eigenvalue weighted by Crippen LogP contribution is 2.27. The summed E-state index contributed by atoms with van der Waals surface area (Å²) in [5, 5.41) is 13.7. The Morgan fingerprint density at radius 3 is 2.71 bits per heavy atom. The normalized spacial score (nSPS) is 14.0. The number of hydrogen-bond donors (Lipinski definition) is 1. The summed E-state index contributed by atoms with van der Waals surface area (Å²) in [7, 11) is 0. The van der Waals surface area contributed by atoms with Crippen LogP contribution in [0.25, 0.3) is 0 Å². The fourth-order valence-corrected chi connectivity index (χ4v) is 4.06. The molecule has 0 bridgehead atoms. The Hall–Kier alpha value is -3.48. The van der Waals surface area contributed by atoms with Crippen LogP contribution in [0.3, 0.4) is 0 Å². The molecule has 6 nitrogen and oxygen atoms in total. The average Bonchev–Trinajstić information content (AvgIpc) is 3.21. The van der Waals surface area contributed by atoms with Gasteiger partial charge in [-0.3, -0.25) is 9.48 Å². The van der Waals surface area contributed by atoms with Crippen molar-refractivity contribution in [2.75, 3.05) is 0 Å². The standard InChI is InChI=1S/C24H24FN3O3/c1-16(18-8-10-20(25)11-9-18)27(15-17-5-4-6-19(13-17)24(30)31)23(29)21-14-26-28-12-3-2-7-22(21)28/h4-6,8-11,13-14,16H,2-3,7,12,15H2,1H3,(H,30,31). The molecule has 2 heterocycles. The topological polar surface area (TPSA) is 75.4 Å². The van der Waals surface area contributed by atoms with Gasteiger partial charge < -0.3 is 10.0 Å². The van der Waals surface area contributed by atoms with Gasteiger partial charge in [-0.05, 0) is 61.6 Å². The summed E-state index contributed by atoms with van der Waals surface area (Å²) < 4.78 is 15.3. The molecule has 0 saturated heterocycles. The van der Waals surface area contributed by atoms with Crippen LogP contribution in [-0.4, -0.2) is 31.7 Å². The molecule has 2 aromatic carbocycles. The Bertz CT molecular complexity index is 1110. The lowest BCUT2D eigenvalue weighted by atomic mass is 10.0. The van der Waals surface area contributed by atoms with Gasteiger partial charge in [-0.2, -0.15) is 5.10 Å². The number of rotatable bonds is 6. The first-order valence-corrected chi connectivity index (χ1v) is 10.4. The molecule has 4 rings (SSSR count). The predicted molar refractivity (Wildman–Crippen MR) is 113 cm³/mol. The van der Waals surface area contributed by atoms with Crippen LogP contribution in [-0.2, 0) is 19.5 Å². The number of carboxylic acid groups (broad SMARTS) is 1. The molecule has 1 amide bonds. The van der Waals surface area contributed by atoms with Crippen molar-refractivity contribution in [1.82, 2.24) is 14.7 Å². The number of carbonyl (C=O) groups excluding carboxylic acids is 1. The van der Waals surface area contributed by atoms with E-state index in [1.54, 1.807) is 41.4 Å². The third kappa shape index (κ3) is 4.35. The molecule has 1 aromatic heterocycles. The minimum Gasteiger partial charge on any atom is -0.478 e. The quantitative estimate of drug-likeness (QED) is 0.638. The lowest BCUT2D eigenvalue weighted by Gasteiger charge is -2.30. The van der Waals surface area contributed by atoms with Crippen molar-refractivity contribution >= 4 is 11.9 Å². The van der Waals surface area contributed by atoms with E-state index >= 15 is 0 Å². The Morgan fingerprint density at radius 1 is 1.19 bits per heavy atom. The van der Waals surface area contributed by atoms with E-state index < -0.39 is 5.97 Å². The van der Waals surface area contributed by atoms with Gasteiger partial charge in [-0.15, -0.1) is 0 Å². The van der Waals surface area contributed by atoms with Gasteiger partial charge >= 0.3 is 5.97 Å². The highest BCUT2D eigenvalue weighted by molar-refractivity contribution is 5.95. The second-order valence-corrected chi connectivity index (χ2v) is 7.85. The zero-order valence-electron chi connectivity index (χ0n) is 17.3. The van der Waals surface area contributed by atoms with Crippen LogP contribution in [0.1, 0.15) is 63.3 Å². The van der Waals surface area contributed by atoms with Crippen molar-refractivity contribution in [3.05, 3.63) is 88.5 Å². The van der Waals surface area contributed by atoms with Gasteiger partial charge in [-0.1, -0.05) is 24.3 Å². The van der Waals surface area contributed by atoms with Crippen molar-refractivity contribution in [1.29, 1.82) is 0 Å². The number of nitrogens with zero attached hydrogens (tertiary/aromatic N) is 3. The number of aryl methyl sites for hydroxylation is 1. The number of aromatic nitrogens is 2. The van der Waals surface area contributed by atoms with Crippen LogP contribution in [0.15, 0.2) is 54.7 Å². The van der Waals surface area contributed by atoms with E-state index in [4.69, 9.17) is 0 Å². The molecule has 0 spiro atoms. The van der Waals surface area contributed by atoms with E-state index in [0.29, 0.717) is 11.1 Å². The summed E-state index contributed by atoms with van der Waals surface area (Å²) >= 11 is 0. The van der Waals surface area contributed by atoms with Gasteiger partial charge in [0.1, 0.15) is 5.82 Å². The van der Waals surface area contributed by atoms with Gasteiger partial charge in [0.25, 0.3) is 5.91 Å². The highest BCUT2D eigenvalue weighted by Gasteiger charge is 2.28. The second kappa shape index (κ2) is 8.71.